The van der Waals surface area contributed by atoms with Crippen molar-refractivity contribution in [1.29, 1.82) is 0 Å². The van der Waals surface area contributed by atoms with Gasteiger partial charge in [0.1, 0.15) is 5.65 Å². The second-order valence-corrected chi connectivity index (χ2v) is 4.08. The summed E-state index contributed by atoms with van der Waals surface area (Å²) in [6.07, 6.45) is 3.43. The molecule has 0 saturated carbocycles. The molecule has 0 atom stereocenters. The van der Waals surface area contributed by atoms with Gasteiger partial charge in [-0.25, -0.2) is 9.78 Å². The highest BCUT2D eigenvalue weighted by atomic mass is 16.2. The van der Waals surface area contributed by atoms with Gasteiger partial charge in [-0.3, -0.25) is 0 Å². The average Bonchev–Trinajstić information content (AvgIpc) is 2.87. The number of carbonyl (C=O) groups excluding carboxylic acids is 1. The number of nitrogens with zero attached hydrogens (tertiary/aromatic N) is 1. The van der Waals surface area contributed by atoms with Crippen LogP contribution in [0, 0.1) is 0 Å². The Kier molecular flexibility index (Phi) is 2.86. The van der Waals surface area contributed by atoms with Crippen LogP contribution in [0.4, 0.5) is 16.2 Å². The monoisotopic (exact) mass is 252 g/mol. The fraction of sp³-hybridized carbons (Fsp3) is 0. The minimum absolute atomic E-state index is 0.289. The minimum Gasteiger partial charge on any atom is -0.346 e. The van der Waals surface area contributed by atoms with Gasteiger partial charge < -0.3 is 15.6 Å². The van der Waals surface area contributed by atoms with Gasteiger partial charge in [0.2, 0.25) is 0 Å². The number of pyridine rings is 1. The lowest BCUT2D eigenvalue weighted by atomic mass is 10.3. The first-order chi connectivity index (χ1) is 9.31. The molecule has 2 heterocycles. The first kappa shape index (κ1) is 11.3. The predicted molar refractivity (Wildman–Crippen MR) is 75.2 cm³/mol. The molecule has 94 valence electrons. The van der Waals surface area contributed by atoms with E-state index in [1.165, 1.54) is 0 Å². The fourth-order valence-electron chi connectivity index (χ4n) is 1.82. The summed E-state index contributed by atoms with van der Waals surface area (Å²) in [6, 6.07) is 12.8. The van der Waals surface area contributed by atoms with Crippen LogP contribution in [0.5, 0.6) is 0 Å². The number of benzene rings is 1. The van der Waals surface area contributed by atoms with E-state index in [4.69, 9.17) is 0 Å². The standard InChI is InChI=1S/C14H12N4O/c19-14(17-11-4-2-1-3-5-11)18-12-8-10-6-7-15-13(10)16-9-12/h1-9H,(H,15,16)(H2,17,18,19). The lowest BCUT2D eigenvalue weighted by Gasteiger charge is -2.07. The lowest BCUT2D eigenvalue weighted by molar-refractivity contribution is 0.262. The van der Waals surface area contributed by atoms with E-state index in [9.17, 15) is 4.79 Å². The molecule has 0 radical (unpaired) electrons. The molecule has 5 heteroatoms. The van der Waals surface area contributed by atoms with Crippen LogP contribution in [0.3, 0.4) is 0 Å². The number of fused-ring (bicyclic) bond motifs is 1. The topological polar surface area (TPSA) is 69.8 Å². The number of nitrogens with one attached hydrogen (secondary N) is 3. The van der Waals surface area contributed by atoms with Gasteiger partial charge in [0.15, 0.2) is 0 Å². The smallest absolute Gasteiger partial charge is 0.323 e. The Bertz CT molecular complexity index is 706. The number of amides is 2. The minimum atomic E-state index is -0.289. The first-order valence-corrected chi connectivity index (χ1v) is 5.87. The summed E-state index contributed by atoms with van der Waals surface area (Å²) in [7, 11) is 0. The molecule has 3 rings (SSSR count). The van der Waals surface area contributed by atoms with E-state index in [0.29, 0.717) is 5.69 Å². The molecule has 3 aromatic rings. The van der Waals surface area contributed by atoms with Crippen LogP contribution < -0.4 is 10.6 Å². The zero-order chi connectivity index (χ0) is 13.1. The van der Waals surface area contributed by atoms with Crippen LogP contribution >= 0.6 is 0 Å². The number of hydrogen-bond acceptors (Lipinski definition) is 2. The van der Waals surface area contributed by atoms with Gasteiger partial charge in [0.05, 0.1) is 11.9 Å². The van der Waals surface area contributed by atoms with Gasteiger partial charge in [-0.1, -0.05) is 18.2 Å². The summed E-state index contributed by atoms with van der Waals surface area (Å²) >= 11 is 0. The van der Waals surface area contributed by atoms with Crippen molar-refractivity contribution >= 4 is 28.4 Å². The number of H-pyrrole nitrogens is 1. The molecule has 0 aliphatic heterocycles. The molecule has 19 heavy (non-hydrogen) atoms. The molecule has 2 amide bonds. The van der Waals surface area contributed by atoms with Gasteiger partial charge >= 0.3 is 6.03 Å². The van der Waals surface area contributed by atoms with Gasteiger partial charge in [0, 0.05) is 17.3 Å². The molecule has 0 bridgehead atoms. The normalized spacial score (nSPS) is 10.3. The number of aromatic amines is 1. The summed E-state index contributed by atoms with van der Waals surface area (Å²) in [5.74, 6) is 0. The van der Waals surface area contributed by atoms with Crippen LogP contribution in [-0.2, 0) is 0 Å². The van der Waals surface area contributed by atoms with E-state index in [-0.39, 0.29) is 6.03 Å². The zero-order valence-corrected chi connectivity index (χ0v) is 10.1. The molecule has 0 saturated heterocycles. The summed E-state index contributed by atoms with van der Waals surface area (Å²) in [5.41, 5.74) is 2.20. The van der Waals surface area contributed by atoms with E-state index in [0.717, 1.165) is 16.7 Å². The fourth-order valence-corrected chi connectivity index (χ4v) is 1.82. The third-order valence-electron chi connectivity index (χ3n) is 2.69. The van der Waals surface area contributed by atoms with E-state index in [2.05, 4.69) is 20.6 Å². The zero-order valence-electron chi connectivity index (χ0n) is 10.1. The number of para-hydroxylation sites is 1. The Hall–Kier alpha value is -2.82. The number of aromatic nitrogens is 2. The maximum atomic E-state index is 11.8. The Morgan fingerprint density at radius 2 is 1.84 bits per heavy atom. The third kappa shape index (κ3) is 2.55. The summed E-state index contributed by atoms with van der Waals surface area (Å²) in [5, 5.41) is 6.45. The SMILES string of the molecule is O=C(Nc1ccccc1)Nc1cnc2[nH]ccc2c1. The predicted octanol–water partition coefficient (Wildman–Crippen LogP) is 3.21. The maximum absolute atomic E-state index is 11.8. The van der Waals surface area contributed by atoms with Crippen molar-refractivity contribution in [3.05, 3.63) is 54.9 Å². The number of anilines is 2. The Labute approximate surface area is 109 Å². The Balaban J connectivity index is 1.72. The van der Waals surface area contributed by atoms with Crippen molar-refractivity contribution in [2.24, 2.45) is 0 Å². The van der Waals surface area contributed by atoms with Crippen molar-refractivity contribution < 1.29 is 4.79 Å². The highest BCUT2D eigenvalue weighted by Gasteiger charge is 2.04. The van der Waals surface area contributed by atoms with E-state index in [1.807, 2.05) is 48.7 Å². The van der Waals surface area contributed by atoms with Crippen molar-refractivity contribution in [2.75, 3.05) is 10.6 Å². The highest BCUT2D eigenvalue weighted by molar-refractivity contribution is 6.00. The molecule has 0 unspecified atom stereocenters. The van der Waals surface area contributed by atoms with Gasteiger partial charge in [-0.05, 0) is 24.3 Å². The first-order valence-electron chi connectivity index (χ1n) is 5.87. The van der Waals surface area contributed by atoms with Crippen molar-refractivity contribution in [3.8, 4) is 0 Å². The van der Waals surface area contributed by atoms with Gasteiger partial charge in [0.25, 0.3) is 0 Å². The highest BCUT2D eigenvalue weighted by Crippen LogP contribution is 2.15. The molecule has 0 aliphatic rings. The Morgan fingerprint density at radius 3 is 2.68 bits per heavy atom. The quantitative estimate of drug-likeness (QED) is 0.655. The van der Waals surface area contributed by atoms with E-state index >= 15 is 0 Å². The van der Waals surface area contributed by atoms with Crippen molar-refractivity contribution in [3.63, 3.8) is 0 Å². The lowest BCUT2D eigenvalue weighted by Crippen LogP contribution is -2.19. The van der Waals surface area contributed by atoms with Crippen LogP contribution in [-0.4, -0.2) is 16.0 Å². The molecule has 0 aliphatic carbocycles. The number of hydrogen-bond donors (Lipinski definition) is 3. The van der Waals surface area contributed by atoms with E-state index in [1.54, 1.807) is 6.20 Å². The van der Waals surface area contributed by atoms with Crippen molar-refractivity contribution in [1.82, 2.24) is 9.97 Å². The largest absolute Gasteiger partial charge is 0.346 e. The molecule has 0 spiro atoms. The van der Waals surface area contributed by atoms with Crippen LogP contribution in [0.25, 0.3) is 11.0 Å². The summed E-state index contributed by atoms with van der Waals surface area (Å²) in [6.45, 7) is 0. The molecule has 1 aromatic carbocycles. The van der Waals surface area contributed by atoms with Gasteiger partial charge in [-0.15, -0.1) is 0 Å². The average molecular weight is 252 g/mol. The number of carbonyl (C=O) groups is 1. The number of rotatable bonds is 2. The second kappa shape index (κ2) is 4.81. The molecule has 0 fully saturated rings. The molecule has 3 N–H and O–H groups in total. The Morgan fingerprint density at radius 1 is 1.05 bits per heavy atom. The maximum Gasteiger partial charge on any atom is 0.323 e. The second-order valence-electron chi connectivity index (χ2n) is 4.08. The van der Waals surface area contributed by atoms with Gasteiger partial charge in [-0.2, -0.15) is 0 Å². The van der Waals surface area contributed by atoms with Crippen molar-refractivity contribution in [2.45, 2.75) is 0 Å². The molecular formula is C14H12N4O. The molecule has 5 nitrogen and oxygen atoms in total. The molecule has 2 aromatic heterocycles. The van der Waals surface area contributed by atoms with Crippen LogP contribution in [0.15, 0.2) is 54.9 Å². The summed E-state index contributed by atoms with van der Waals surface area (Å²) < 4.78 is 0. The summed E-state index contributed by atoms with van der Waals surface area (Å²) in [4.78, 5) is 19.0. The van der Waals surface area contributed by atoms with E-state index < -0.39 is 0 Å². The van der Waals surface area contributed by atoms with Crippen LogP contribution in [0.2, 0.25) is 0 Å². The molecular weight excluding hydrogens is 240 g/mol. The van der Waals surface area contributed by atoms with Crippen LogP contribution in [0.1, 0.15) is 0 Å². The third-order valence-corrected chi connectivity index (χ3v) is 2.69. The number of urea groups is 1.